The molecule has 146 valence electrons. The minimum atomic E-state index is -0.181. The molecule has 0 bridgehead atoms. The second-order valence-corrected chi connectivity index (χ2v) is 6.60. The molecule has 0 saturated heterocycles. The van der Waals surface area contributed by atoms with Gasteiger partial charge in [-0.2, -0.15) is 0 Å². The van der Waals surface area contributed by atoms with Gasteiger partial charge >= 0.3 is 0 Å². The van der Waals surface area contributed by atoms with E-state index in [0.29, 0.717) is 0 Å². The number of nitrogens with one attached hydrogen (secondary N) is 1. The van der Waals surface area contributed by atoms with Crippen molar-refractivity contribution in [3.8, 4) is 5.69 Å². The van der Waals surface area contributed by atoms with Gasteiger partial charge in [0, 0.05) is 36.0 Å². The first-order chi connectivity index (χ1) is 14.8. The van der Waals surface area contributed by atoms with Gasteiger partial charge < -0.3 is 9.88 Å². The molecule has 4 rings (SSSR count). The van der Waals surface area contributed by atoms with Crippen molar-refractivity contribution in [1.82, 2.24) is 14.5 Å². The number of nitrogens with zero attached hydrogens (tertiary/aromatic N) is 3. The van der Waals surface area contributed by atoms with Crippen LogP contribution < -0.4 is 5.32 Å². The summed E-state index contributed by atoms with van der Waals surface area (Å²) in [5.41, 5.74) is 4.57. The zero-order valence-corrected chi connectivity index (χ0v) is 16.2. The highest BCUT2D eigenvalue weighted by molar-refractivity contribution is 6.02. The molecular formula is C25H20N4O. The van der Waals surface area contributed by atoms with Crippen molar-refractivity contribution in [2.45, 2.75) is 0 Å². The fourth-order valence-electron chi connectivity index (χ4n) is 2.90. The van der Waals surface area contributed by atoms with Crippen LogP contribution in [0.25, 0.3) is 23.9 Å². The maximum Gasteiger partial charge on any atom is 0.248 e. The van der Waals surface area contributed by atoms with Crippen molar-refractivity contribution < 1.29 is 4.79 Å². The normalized spacial score (nSPS) is 11.2. The topological polar surface area (TPSA) is 59.8 Å². The van der Waals surface area contributed by atoms with Gasteiger partial charge in [0.2, 0.25) is 5.91 Å². The van der Waals surface area contributed by atoms with E-state index < -0.39 is 0 Å². The van der Waals surface area contributed by atoms with Crippen LogP contribution in [0.5, 0.6) is 0 Å². The first kappa shape index (κ1) is 19.1. The van der Waals surface area contributed by atoms with Gasteiger partial charge in [0.25, 0.3) is 0 Å². The Bertz CT molecular complexity index is 1160. The fraction of sp³-hybridized carbons (Fsp3) is 0. The maximum atomic E-state index is 12.3. The number of carbonyl (C=O) groups is 1. The average Bonchev–Trinajstić information content (AvgIpc) is 3.33. The number of amides is 1. The molecule has 4 aromatic rings. The van der Waals surface area contributed by atoms with Gasteiger partial charge in [0.1, 0.15) is 0 Å². The Balaban J connectivity index is 1.37. The third-order valence-electron chi connectivity index (χ3n) is 4.41. The average molecular weight is 392 g/mol. The molecule has 0 aliphatic rings. The Kier molecular flexibility index (Phi) is 5.91. The lowest BCUT2D eigenvalue weighted by molar-refractivity contribution is -0.111. The largest absolute Gasteiger partial charge is 0.322 e. The van der Waals surface area contributed by atoms with E-state index in [1.807, 2.05) is 89.6 Å². The number of imidazole rings is 1. The third-order valence-corrected chi connectivity index (χ3v) is 4.41. The minimum absolute atomic E-state index is 0.181. The Labute approximate surface area is 175 Å². The molecule has 0 aliphatic heterocycles. The van der Waals surface area contributed by atoms with E-state index in [0.717, 1.165) is 28.2 Å². The van der Waals surface area contributed by atoms with Gasteiger partial charge in [-0.15, -0.1) is 0 Å². The first-order valence-electron chi connectivity index (χ1n) is 9.53. The molecule has 0 radical (unpaired) electrons. The van der Waals surface area contributed by atoms with Gasteiger partial charge in [-0.05, 0) is 59.7 Å². The summed E-state index contributed by atoms with van der Waals surface area (Å²) in [6, 6.07) is 21.3. The fourth-order valence-corrected chi connectivity index (χ4v) is 2.90. The van der Waals surface area contributed by atoms with E-state index >= 15 is 0 Å². The van der Waals surface area contributed by atoms with E-state index in [4.69, 9.17) is 0 Å². The lowest BCUT2D eigenvalue weighted by Gasteiger charge is -2.04. The molecule has 2 aromatic carbocycles. The van der Waals surface area contributed by atoms with Gasteiger partial charge in [-0.25, -0.2) is 4.98 Å². The van der Waals surface area contributed by atoms with E-state index in [1.165, 1.54) is 6.08 Å². The Morgan fingerprint density at radius 3 is 2.53 bits per heavy atom. The smallest absolute Gasteiger partial charge is 0.248 e. The minimum Gasteiger partial charge on any atom is -0.322 e. The number of hydrogen-bond donors (Lipinski definition) is 1. The van der Waals surface area contributed by atoms with Crippen molar-refractivity contribution in [2.75, 3.05) is 5.32 Å². The highest BCUT2D eigenvalue weighted by Gasteiger charge is 2.00. The molecule has 1 N–H and O–H groups in total. The molecule has 1 amide bonds. The molecule has 0 atom stereocenters. The Hall–Kier alpha value is -4.25. The summed E-state index contributed by atoms with van der Waals surface area (Å²) in [7, 11) is 0. The second kappa shape index (κ2) is 9.30. The van der Waals surface area contributed by atoms with Crippen LogP contribution in [0.2, 0.25) is 0 Å². The number of benzene rings is 2. The monoisotopic (exact) mass is 392 g/mol. The summed E-state index contributed by atoms with van der Waals surface area (Å²) in [6.45, 7) is 0. The zero-order chi connectivity index (χ0) is 20.6. The van der Waals surface area contributed by atoms with E-state index in [1.54, 1.807) is 24.8 Å². The van der Waals surface area contributed by atoms with Crippen LogP contribution >= 0.6 is 0 Å². The molecular weight excluding hydrogens is 372 g/mol. The van der Waals surface area contributed by atoms with Crippen LogP contribution in [-0.4, -0.2) is 20.4 Å². The van der Waals surface area contributed by atoms with E-state index in [-0.39, 0.29) is 5.91 Å². The number of aromatic nitrogens is 3. The molecule has 2 heterocycles. The number of rotatable bonds is 6. The highest BCUT2D eigenvalue weighted by atomic mass is 16.1. The van der Waals surface area contributed by atoms with Gasteiger partial charge in [0.15, 0.2) is 0 Å². The maximum absolute atomic E-state index is 12.3. The molecule has 5 heteroatoms. The van der Waals surface area contributed by atoms with Crippen LogP contribution in [0, 0.1) is 0 Å². The van der Waals surface area contributed by atoms with Crippen molar-refractivity contribution in [3.63, 3.8) is 0 Å². The first-order valence-corrected chi connectivity index (χ1v) is 9.53. The van der Waals surface area contributed by atoms with Crippen LogP contribution in [-0.2, 0) is 4.79 Å². The molecule has 30 heavy (non-hydrogen) atoms. The van der Waals surface area contributed by atoms with Gasteiger partial charge in [0.05, 0.1) is 12.0 Å². The van der Waals surface area contributed by atoms with Gasteiger partial charge in [-0.1, -0.05) is 36.4 Å². The second-order valence-electron chi connectivity index (χ2n) is 6.60. The van der Waals surface area contributed by atoms with Crippen LogP contribution in [0.3, 0.4) is 0 Å². The zero-order valence-electron chi connectivity index (χ0n) is 16.2. The molecule has 0 aliphatic carbocycles. The lowest BCUT2D eigenvalue weighted by Crippen LogP contribution is -2.07. The number of hydrogen-bond acceptors (Lipinski definition) is 3. The molecule has 0 spiro atoms. The summed E-state index contributed by atoms with van der Waals surface area (Å²) < 4.78 is 1.93. The van der Waals surface area contributed by atoms with E-state index in [2.05, 4.69) is 15.3 Å². The SMILES string of the molecule is O=C(C=Cc1ccc(-n2ccnc2)cc1)Nc1cccc(C=Cc2ccccn2)c1. The van der Waals surface area contributed by atoms with Crippen molar-refractivity contribution in [1.29, 1.82) is 0 Å². The Morgan fingerprint density at radius 1 is 0.867 bits per heavy atom. The Morgan fingerprint density at radius 2 is 1.77 bits per heavy atom. The summed E-state index contributed by atoms with van der Waals surface area (Å²) in [5, 5.41) is 2.90. The number of anilines is 1. The van der Waals surface area contributed by atoms with Crippen molar-refractivity contribution in [2.24, 2.45) is 0 Å². The summed E-state index contributed by atoms with van der Waals surface area (Å²) >= 11 is 0. The lowest BCUT2D eigenvalue weighted by atomic mass is 10.1. The van der Waals surface area contributed by atoms with Crippen molar-refractivity contribution in [3.05, 3.63) is 115 Å². The van der Waals surface area contributed by atoms with E-state index in [9.17, 15) is 4.79 Å². The number of pyridine rings is 1. The summed E-state index contributed by atoms with van der Waals surface area (Å²) in [6.07, 6.45) is 14.4. The molecule has 0 fully saturated rings. The van der Waals surface area contributed by atoms with Crippen molar-refractivity contribution >= 4 is 29.8 Å². The molecule has 2 aromatic heterocycles. The molecule has 0 saturated carbocycles. The summed E-state index contributed by atoms with van der Waals surface area (Å²) in [5.74, 6) is -0.181. The number of carbonyl (C=O) groups excluding carboxylic acids is 1. The predicted molar refractivity (Wildman–Crippen MR) is 121 cm³/mol. The quantitative estimate of drug-likeness (QED) is 0.465. The van der Waals surface area contributed by atoms with Crippen LogP contribution in [0.1, 0.15) is 16.8 Å². The van der Waals surface area contributed by atoms with Crippen LogP contribution in [0.4, 0.5) is 5.69 Å². The standard InChI is InChI=1S/C25H20N4O/c30-25(14-10-20-8-12-24(13-9-20)29-17-16-26-19-29)28-23-6-3-4-21(18-23)7-11-22-5-1-2-15-27-22/h1-19H,(H,28,30). The molecule has 5 nitrogen and oxygen atoms in total. The third kappa shape index (κ3) is 5.17. The predicted octanol–water partition coefficient (Wildman–Crippen LogP) is 5.09. The summed E-state index contributed by atoms with van der Waals surface area (Å²) in [4.78, 5) is 20.6. The molecule has 0 unspecified atom stereocenters. The highest BCUT2D eigenvalue weighted by Crippen LogP contribution is 2.14. The van der Waals surface area contributed by atoms with Gasteiger partial charge in [-0.3, -0.25) is 9.78 Å². The van der Waals surface area contributed by atoms with Crippen LogP contribution in [0.15, 0.2) is 97.7 Å².